The predicted molar refractivity (Wildman–Crippen MR) is 96.2 cm³/mol. The molecule has 1 aromatic carbocycles. The van der Waals surface area contributed by atoms with E-state index in [9.17, 15) is 13.2 Å². The lowest BCUT2D eigenvalue weighted by atomic mass is 10.0. The molecule has 1 unspecified atom stereocenters. The van der Waals surface area contributed by atoms with Gasteiger partial charge in [-0.15, -0.1) is 12.4 Å². The van der Waals surface area contributed by atoms with E-state index in [0.29, 0.717) is 19.0 Å². The molecule has 3 rings (SSSR count). The monoisotopic (exact) mass is 373 g/mol. The molecule has 1 atom stereocenters. The minimum Gasteiger partial charge on any atom is -0.316 e. The van der Waals surface area contributed by atoms with Gasteiger partial charge in [0.05, 0.1) is 4.90 Å². The summed E-state index contributed by atoms with van der Waals surface area (Å²) < 4.78 is 27.7. The van der Waals surface area contributed by atoms with Crippen molar-refractivity contribution >= 4 is 34.0 Å². The van der Waals surface area contributed by atoms with Crippen LogP contribution in [0.3, 0.4) is 0 Å². The number of fused-ring (bicyclic) bond motifs is 1. The van der Waals surface area contributed by atoms with Gasteiger partial charge in [-0.05, 0) is 56.0 Å². The van der Waals surface area contributed by atoms with E-state index in [2.05, 4.69) is 10.0 Å². The number of rotatable bonds is 4. The van der Waals surface area contributed by atoms with Crippen LogP contribution >= 0.6 is 12.4 Å². The molecule has 0 aliphatic carbocycles. The lowest BCUT2D eigenvalue weighted by Gasteiger charge is -2.23. The third-order valence-electron chi connectivity index (χ3n) is 4.60. The van der Waals surface area contributed by atoms with Crippen molar-refractivity contribution in [3.63, 3.8) is 0 Å². The van der Waals surface area contributed by atoms with Crippen LogP contribution in [0.4, 0.5) is 5.69 Å². The average Bonchev–Trinajstić information content (AvgIpc) is 2.97. The molecule has 8 heteroatoms. The van der Waals surface area contributed by atoms with Crippen LogP contribution in [0.2, 0.25) is 0 Å². The largest absolute Gasteiger partial charge is 0.316 e. The summed E-state index contributed by atoms with van der Waals surface area (Å²) in [5.41, 5.74) is 1.75. The normalized spacial score (nSPS) is 20.4. The van der Waals surface area contributed by atoms with Crippen LogP contribution in [-0.4, -0.2) is 40.5 Å². The average molecular weight is 374 g/mol. The number of hydrogen-bond acceptors (Lipinski definition) is 4. The first-order chi connectivity index (χ1) is 11.0. The molecular formula is C16H24ClN3O3S. The lowest BCUT2D eigenvalue weighted by molar-refractivity contribution is -0.116. The number of hydrogen-bond donors (Lipinski definition) is 2. The van der Waals surface area contributed by atoms with Gasteiger partial charge in [0, 0.05) is 25.7 Å². The topological polar surface area (TPSA) is 78.5 Å². The summed E-state index contributed by atoms with van der Waals surface area (Å²) in [5.74, 6) is 0.279. The highest BCUT2D eigenvalue weighted by Gasteiger charge is 2.25. The number of benzene rings is 1. The molecule has 2 N–H and O–H groups in total. The van der Waals surface area contributed by atoms with Crippen molar-refractivity contribution in [1.82, 2.24) is 10.0 Å². The minimum absolute atomic E-state index is 0. The van der Waals surface area contributed by atoms with Crippen molar-refractivity contribution in [2.45, 2.75) is 31.1 Å². The summed E-state index contributed by atoms with van der Waals surface area (Å²) in [6, 6.07) is 5.06. The maximum absolute atomic E-state index is 12.5. The van der Waals surface area contributed by atoms with Crippen molar-refractivity contribution in [2.24, 2.45) is 5.92 Å². The summed E-state index contributed by atoms with van der Waals surface area (Å²) in [4.78, 5) is 13.5. The third-order valence-corrected chi connectivity index (χ3v) is 6.02. The molecule has 0 radical (unpaired) electrons. The molecule has 1 fully saturated rings. The summed E-state index contributed by atoms with van der Waals surface area (Å²) in [5, 5.41) is 3.28. The Morgan fingerprint density at radius 1 is 1.42 bits per heavy atom. The number of carbonyl (C=O) groups excluding carboxylic acids is 1. The van der Waals surface area contributed by atoms with E-state index in [0.717, 1.165) is 43.6 Å². The van der Waals surface area contributed by atoms with Gasteiger partial charge in [-0.25, -0.2) is 13.1 Å². The first kappa shape index (κ1) is 19.2. The number of piperidine rings is 1. The Morgan fingerprint density at radius 2 is 2.21 bits per heavy atom. The maximum atomic E-state index is 12.5. The van der Waals surface area contributed by atoms with Crippen molar-refractivity contribution in [3.05, 3.63) is 23.8 Å². The molecule has 2 heterocycles. The van der Waals surface area contributed by atoms with E-state index in [4.69, 9.17) is 0 Å². The van der Waals surface area contributed by atoms with Gasteiger partial charge in [0.2, 0.25) is 15.9 Å². The van der Waals surface area contributed by atoms with E-state index in [1.807, 2.05) is 6.07 Å². The Labute approximate surface area is 149 Å². The molecule has 0 bridgehead atoms. The molecule has 0 aromatic heterocycles. The number of anilines is 1. The fourth-order valence-corrected chi connectivity index (χ4v) is 4.40. The molecule has 6 nitrogen and oxygen atoms in total. The van der Waals surface area contributed by atoms with Crippen molar-refractivity contribution in [3.8, 4) is 0 Å². The van der Waals surface area contributed by atoms with Gasteiger partial charge in [-0.3, -0.25) is 4.79 Å². The Bertz CT molecular complexity index is 703. The number of carbonyl (C=O) groups is 1. The first-order valence-corrected chi connectivity index (χ1v) is 9.57. The first-order valence-electron chi connectivity index (χ1n) is 8.09. The van der Waals surface area contributed by atoms with Crippen molar-refractivity contribution in [2.75, 3.05) is 31.1 Å². The molecule has 2 aliphatic rings. The van der Waals surface area contributed by atoms with Gasteiger partial charge >= 0.3 is 0 Å². The second kappa shape index (κ2) is 7.82. The number of sulfonamides is 1. The number of nitrogens with zero attached hydrogens (tertiary/aromatic N) is 1. The van der Waals surface area contributed by atoms with E-state index in [1.54, 1.807) is 17.0 Å². The fourth-order valence-electron chi connectivity index (χ4n) is 3.26. The third kappa shape index (κ3) is 4.08. The highest BCUT2D eigenvalue weighted by Crippen LogP contribution is 2.30. The second-order valence-electron chi connectivity index (χ2n) is 6.28. The molecule has 24 heavy (non-hydrogen) atoms. The van der Waals surface area contributed by atoms with Crippen LogP contribution < -0.4 is 14.9 Å². The van der Waals surface area contributed by atoms with Crippen molar-refractivity contribution < 1.29 is 13.2 Å². The van der Waals surface area contributed by atoms with E-state index < -0.39 is 10.0 Å². The van der Waals surface area contributed by atoms with E-state index in [1.165, 1.54) is 6.92 Å². The Kier molecular flexibility index (Phi) is 6.25. The van der Waals surface area contributed by atoms with Gasteiger partial charge in [0.25, 0.3) is 0 Å². The van der Waals surface area contributed by atoms with Crippen LogP contribution in [0.5, 0.6) is 0 Å². The summed E-state index contributed by atoms with van der Waals surface area (Å²) in [6.45, 7) is 4.43. The Morgan fingerprint density at radius 3 is 2.88 bits per heavy atom. The van der Waals surface area contributed by atoms with Gasteiger partial charge in [0.15, 0.2) is 0 Å². The molecule has 1 aromatic rings. The molecular weight excluding hydrogens is 350 g/mol. The van der Waals surface area contributed by atoms with Gasteiger partial charge in [-0.1, -0.05) is 6.07 Å². The number of amides is 1. The molecule has 0 saturated carbocycles. The van der Waals surface area contributed by atoms with Crippen LogP contribution in [0, 0.1) is 5.92 Å². The molecule has 1 amide bonds. The second-order valence-corrected chi connectivity index (χ2v) is 8.04. The van der Waals surface area contributed by atoms with E-state index in [-0.39, 0.29) is 23.2 Å². The zero-order chi connectivity index (χ0) is 16.4. The smallest absolute Gasteiger partial charge is 0.240 e. The van der Waals surface area contributed by atoms with E-state index >= 15 is 0 Å². The maximum Gasteiger partial charge on any atom is 0.240 e. The zero-order valence-corrected chi connectivity index (χ0v) is 15.4. The minimum atomic E-state index is -3.55. The van der Waals surface area contributed by atoms with Gasteiger partial charge in [0.1, 0.15) is 0 Å². The zero-order valence-electron chi connectivity index (χ0n) is 13.7. The SMILES string of the molecule is CC(=O)N1CCc2ccc(S(=O)(=O)NCC3CCCNC3)cc21.Cl. The Hall–Kier alpha value is -1.15. The fraction of sp³-hybridized carbons (Fsp3) is 0.562. The van der Waals surface area contributed by atoms with Crippen LogP contribution in [-0.2, 0) is 21.2 Å². The molecule has 1 saturated heterocycles. The van der Waals surface area contributed by atoms with Gasteiger partial charge in [-0.2, -0.15) is 0 Å². The molecule has 2 aliphatic heterocycles. The Balaban J connectivity index is 0.00000208. The molecule has 134 valence electrons. The van der Waals surface area contributed by atoms with Crippen LogP contribution in [0.15, 0.2) is 23.1 Å². The summed E-state index contributed by atoms with van der Waals surface area (Å²) in [7, 11) is -3.55. The van der Waals surface area contributed by atoms with Gasteiger partial charge < -0.3 is 10.2 Å². The van der Waals surface area contributed by atoms with Crippen LogP contribution in [0.1, 0.15) is 25.3 Å². The molecule has 0 spiro atoms. The predicted octanol–water partition coefficient (Wildman–Crippen LogP) is 1.30. The van der Waals surface area contributed by atoms with Crippen LogP contribution in [0.25, 0.3) is 0 Å². The summed E-state index contributed by atoms with van der Waals surface area (Å²) >= 11 is 0. The standard InChI is InChI=1S/C16H23N3O3S.ClH/c1-12(20)19-8-6-14-4-5-15(9-16(14)19)23(21,22)18-11-13-3-2-7-17-10-13;/h4-5,9,13,17-18H,2-3,6-8,10-11H2,1H3;1H. The summed E-state index contributed by atoms with van der Waals surface area (Å²) in [6.07, 6.45) is 2.90. The van der Waals surface area contributed by atoms with Crippen molar-refractivity contribution in [1.29, 1.82) is 0 Å². The number of halogens is 1. The number of nitrogens with one attached hydrogen (secondary N) is 2. The lowest BCUT2D eigenvalue weighted by Crippen LogP contribution is -2.38. The highest BCUT2D eigenvalue weighted by molar-refractivity contribution is 7.89. The highest BCUT2D eigenvalue weighted by atomic mass is 35.5. The quantitative estimate of drug-likeness (QED) is 0.833.